The molecule has 0 spiro atoms. The zero-order chi connectivity index (χ0) is 9.84. The van der Waals surface area contributed by atoms with E-state index in [4.69, 9.17) is 11.6 Å². The molecule has 2 heteroatoms. The Hall–Kier alpha value is -1.20. The molecule has 0 aromatic rings. The Bertz CT molecular complexity index is 283. The molecule has 13 heavy (non-hydrogen) atoms. The lowest BCUT2D eigenvalue weighted by molar-refractivity contribution is 0.184. The molecule has 2 N–H and O–H groups in total. The second kappa shape index (κ2) is 4.15. The van der Waals surface area contributed by atoms with Crippen LogP contribution >= 0.6 is 0 Å². The Morgan fingerprint density at radius 2 is 2.54 bits per heavy atom. The summed E-state index contributed by atoms with van der Waals surface area (Å²) in [5.74, 6) is 3.37. The van der Waals surface area contributed by atoms with E-state index < -0.39 is 0 Å². The minimum Gasteiger partial charge on any atom is -0.291 e. The van der Waals surface area contributed by atoms with E-state index >= 15 is 0 Å². The summed E-state index contributed by atoms with van der Waals surface area (Å²) < 4.78 is 0. The first kappa shape index (κ1) is 9.88. The highest BCUT2D eigenvalue weighted by Crippen LogP contribution is 2.45. The number of rotatable bonds is 3. The SMILES string of the molecule is C#C/C=C1/CC1C(C)/C(=C\C)NO. The summed E-state index contributed by atoms with van der Waals surface area (Å²) in [4.78, 5) is 0. The highest BCUT2D eigenvalue weighted by molar-refractivity contribution is 5.33. The van der Waals surface area contributed by atoms with E-state index in [9.17, 15) is 0 Å². The summed E-state index contributed by atoms with van der Waals surface area (Å²) in [6, 6.07) is 0. The van der Waals surface area contributed by atoms with Gasteiger partial charge in [0, 0.05) is 11.6 Å². The lowest BCUT2D eigenvalue weighted by Crippen LogP contribution is -2.15. The largest absolute Gasteiger partial charge is 0.291 e. The molecule has 2 unspecified atom stereocenters. The van der Waals surface area contributed by atoms with Gasteiger partial charge in [0.25, 0.3) is 0 Å². The molecule has 0 aliphatic heterocycles. The summed E-state index contributed by atoms with van der Waals surface area (Å²) in [7, 11) is 0. The van der Waals surface area contributed by atoms with Crippen LogP contribution in [0.2, 0.25) is 0 Å². The van der Waals surface area contributed by atoms with Crippen molar-refractivity contribution in [3.63, 3.8) is 0 Å². The van der Waals surface area contributed by atoms with Crippen molar-refractivity contribution < 1.29 is 5.21 Å². The van der Waals surface area contributed by atoms with Crippen LogP contribution in [0.25, 0.3) is 0 Å². The minimum atomic E-state index is 0.328. The summed E-state index contributed by atoms with van der Waals surface area (Å²) in [6.45, 7) is 3.99. The zero-order valence-corrected chi connectivity index (χ0v) is 8.04. The van der Waals surface area contributed by atoms with Crippen molar-refractivity contribution in [1.29, 1.82) is 0 Å². The van der Waals surface area contributed by atoms with Gasteiger partial charge >= 0.3 is 0 Å². The molecule has 0 heterocycles. The summed E-state index contributed by atoms with van der Waals surface area (Å²) in [5.41, 5.74) is 4.39. The second-order valence-electron chi connectivity index (χ2n) is 3.34. The van der Waals surface area contributed by atoms with Crippen LogP contribution in [0.15, 0.2) is 23.4 Å². The van der Waals surface area contributed by atoms with E-state index in [1.165, 1.54) is 5.57 Å². The molecule has 0 amide bonds. The lowest BCUT2D eigenvalue weighted by atomic mass is 10.0. The molecule has 0 aromatic carbocycles. The topological polar surface area (TPSA) is 32.3 Å². The fraction of sp³-hybridized carbons (Fsp3) is 0.455. The first-order chi connectivity index (χ1) is 6.24. The van der Waals surface area contributed by atoms with Gasteiger partial charge in [-0.25, -0.2) is 0 Å². The first-order valence-corrected chi connectivity index (χ1v) is 4.46. The standard InChI is InChI=1S/C11H15NO/c1-4-6-9-7-10(9)8(3)11(5-2)12-13/h1,5-6,8,10,12-13H,7H2,2-3H3/b9-6-,11-5+. The predicted octanol–water partition coefficient (Wildman–Crippen LogP) is 2.08. The highest BCUT2D eigenvalue weighted by atomic mass is 16.5. The van der Waals surface area contributed by atoms with E-state index in [0.717, 1.165) is 12.1 Å². The van der Waals surface area contributed by atoms with Gasteiger partial charge in [-0.05, 0) is 25.3 Å². The van der Waals surface area contributed by atoms with Crippen LogP contribution in [0.5, 0.6) is 0 Å². The lowest BCUT2D eigenvalue weighted by Gasteiger charge is -2.12. The second-order valence-corrected chi connectivity index (χ2v) is 3.34. The van der Waals surface area contributed by atoms with Gasteiger partial charge in [0.1, 0.15) is 0 Å². The van der Waals surface area contributed by atoms with Crippen molar-refractivity contribution in [1.82, 2.24) is 5.48 Å². The third-order valence-electron chi connectivity index (χ3n) is 2.57. The number of hydrogen-bond acceptors (Lipinski definition) is 2. The molecular formula is C11H15NO. The first-order valence-electron chi connectivity index (χ1n) is 4.46. The maximum absolute atomic E-state index is 8.81. The van der Waals surface area contributed by atoms with Crippen LogP contribution in [0.3, 0.4) is 0 Å². The van der Waals surface area contributed by atoms with E-state index in [2.05, 4.69) is 18.3 Å². The zero-order valence-electron chi connectivity index (χ0n) is 8.04. The highest BCUT2D eigenvalue weighted by Gasteiger charge is 2.35. The van der Waals surface area contributed by atoms with Crippen molar-refractivity contribution >= 4 is 0 Å². The Kier molecular flexibility index (Phi) is 3.16. The van der Waals surface area contributed by atoms with Crippen LogP contribution in [0.4, 0.5) is 0 Å². The predicted molar refractivity (Wildman–Crippen MR) is 52.9 cm³/mol. The number of terminal acetylenes is 1. The molecule has 70 valence electrons. The molecule has 1 aliphatic rings. The Balaban J connectivity index is 2.58. The maximum Gasteiger partial charge on any atom is 0.0367 e. The van der Waals surface area contributed by atoms with Crippen LogP contribution in [0, 0.1) is 24.2 Å². The van der Waals surface area contributed by atoms with Crippen LogP contribution in [-0.2, 0) is 0 Å². The van der Waals surface area contributed by atoms with Gasteiger partial charge < -0.3 is 0 Å². The fourth-order valence-corrected chi connectivity index (χ4v) is 1.61. The van der Waals surface area contributed by atoms with E-state index in [-0.39, 0.29) is 0 Å². The smallest absolute Gasteiger partial charge is 0.0367 e. The van der Waals surface area contributed by atoms with Crippen molar-refractivity contribution in [2.45, 2.75) is 20.3 Å². The average molecular weight is 177 g/mol. The minimum absolute atomic E-state index is 0.328. The van der Waals surface area contributed by atoms with Gasteiger partial charge in [-0.3, -0.25) is 10.7 Å². The quantitative estimate of drug-likeness (QED) is 0.511. The molecule has 0 saturated heterocycles. The maximum atomic E-state index is 8.81. The van der Waals surface area contributed by atoms with Gasteiger partial charge in [0.15, 0.2) is 0 Å². The number of allylic oxidation sites excluding steroid dienone is 4. The van der Waals surface area contributed by atoms with Gasteiger partial charge in [0.2, 0.25) is 0 Å². The number of hydrogen-bond donors (Lipinski definition) is 2. The third-order valence-corrected chi connectivity index (χ3v) is 2.57. The Morgan fingerprint density at radius 3 is 3.00 bits per heavy atom. The molecule has 0 aromatic heterocycles. The Morgan fingerprint density at radius 1 is 1.85 bits per heavy atom. The van der Waals surface area contributed by atoms with Crippen molar-refractivity contribution in [2.75, 3.05) is 0 Å². The fourth-order valence-electron chi connectivity index (χ4n) is 1.61. The van der Waals surface area contributed by atoms with Gasteiger partial charge in [-0.2, -0.15) is 0 Å². The normalized spacial score (nSPS) is 26.8. The molecule has 0 radical (unpaired) electrons. The monoisotopic (exact) mass is 177 g/mol. The van der Waals surface area contributed by atoms with Gasteiger partial charge in [-0.1, -0.05) is 24.5 Å². The van der Waals surface area contributed by atoms with E-state index in [1.807, 2.05) is 19.1 Å². The molecule has 1 saturated carbocycles. The van der Waals surface area contributed by atoms with Gasteiger partial charge in [-0.15, -0.1) is 6.42 Å². The summed E-state index contributed by atoms with van der Waals surface area (Å²) >= 11 is 0. The molecule has 2 nitrogen and oxygen atoms in total. The molecule has 0 bridgehead atoms. The summed E-state index contributed by atoms with van der Waals surface area (Å²) in [6.07, 6.45) is 9.94. The molecule has 1 fully saturated rings. The molecule has 1 rings (SSSR count). The Labute approximate surface area is 79.3 Å². The van der Waals surface area contributed by atoms with Crippen LogP contribution in [0.1, 0.15) is 20.3 Å². The third kappa shape index (κ3) is 2.13. The van der Waals surface area contributed by atoms with Gasteiger partial charge in [0.05, 0.1) is 0 Å². The molecule has 2 atom stereocenters. The summed E-state index contributed by atoms with van der Waals surface area (Å²) in [5, 5.41) is 8.81. The van der Waals surface area contributed by atoms with Crippen molar-refractivity contribution in [2.24, 2.45) is 11.8 Å². The van der Waals surface area contributed by atoms with Crippen molar-refractivity contribution in [3.05, 3.63) is 23.4 Å². The van der Waals surface area contributed by atoms with Crippen LogP contribution < -0.4 is 5.48 Å². The number of hydroxylamine groups is 1. The molecule has 1 aliphatic carbocycles. The van der Waals surface area contributed by atoms with E-state index in [0.29, 0.717) is 11.8 Å². The number of nitrogens with one attached hydrogen (secondary N) is 1. The average Bonchev–Trinajstić information content (AvgIpc) is 2.87. The van der Waals surface area contributed by atoms with Crippen molar-refractivity contribution in [3.8, 4) is 12.3 Å². The van der Waals surface area contributed by atoms with E-state index in [1.54, 1.807) is 0 Å². The molecular weight excluding hydrogens is 162 g/mol. The van der Waals surface area contributed by atoms with Crippen LogP contribution in [-0.4, -0.2) is 5.21 Å².